The number of nitrogens with one attached hydrogen (secondary N) is 1. The molecule has 1 aromatic carbocycles. The van der Waals surface area contributed by atoms with Gasteiger partial charge in [0, 0.05) is 64.2 Å². The third-order valence-electron chi connectivity index (χ3n) is 8.14. The van der Waals surface area contributed by atoms with Gasteiger partial charge >= 0.3 is 12.1 Å². The molecule has 5 amide bonds. The Balaban J connectivity index is 1.47. The molecule has 0 aliphatic carbocycles. The Morgan fingerprint density at radius 3 is 2.38 bits per heavy atom. The lowest BCUT2D eigenvalue weighted by Gasteiger charge is -2.36. The molecule has 2 aromatic rings. The summed E-state index contributed by atoms with van der Waals surface area (Å²) in [4.78, 5) is 86.2. The molecule has 0 unspecified atom stereocenters. The molecular formula is C32H42N6O9. The zero-order valence-corrected chi connectivity index (χ0v) is 27.0. The number of ether oxygens (including phenoxy) is 2. The van der Waals surface area contributed by atoms with Crippen LogP contribution in [-0.4, -0.2) is 137 Å². The van der Waals surface area contributed by atoms with Crippen molar-refractivity contribution in [1.82, 2.24) is 29.9 Å². The van der Waals surface area contributed by atoms with Crippen molar-refractivity contribution in [2.45, 2.75) is 45.6 Å². The number of nitrogens with zero attached hydrogens (tertiary/aromatic N) is 5. The van der Waals surface area contributed by atoms with Gasteiger partial charge in [-0.3, -0.25) is 24.0 Å². The summed E-state index contributed by atoms with van der Waals surface area (Å²) in [5.74, 6) is -2.67. The number of likely N-dealkylation sites (N-methyl/N-ethyl adjacent to an activating group) is 1. The minimum absolute atomic E-state index is 0.0491. The van der Waals surface area contributed by atoms with Crippen molar-refractivity contribution in [2.24, 2.45) is 0 Å². The highest BCUT2D eigenvalue weighted by molar-refractivity contribution is 5.99. The standard InChI is InChI=1S/C32H42N6O9/c1-4-5-16-46-32(45)37-14-12-36(13-15-37)31(44)23(8-9-29(41)42)34-30(43)25-18-26(22-7-6-21(2)17-24(22)33-25)47-20-28(40)38-11-10-35(3)27(39)19-38/h6-7,17-18,23H,4-5,8-16,19-20H2,1-3H3,(H,34,43)(H,41,42)/t23-/m0/s1. The molecule has 0 spiro atoms. The first kappa shape index (κ1) is 34.9. The van der Waals surface area contributed by atoms with Gasteiger partial charge in [0.2, 0.25) is 11.8 Å². The van der Waals surface area contributed by atoms with E-state index in [0.29, 0.717) is 30.6 Å². The van der Waals surface area contributed by atoms with Crippen LogP contribution >= 0.6 is 0 Å². The number of carboxylic acids is 1. The molecule has 2 fully saturated rings. The van der Waals surface area contributed by atoms with Crippen molar-refractivity contribution in [2.75, 3.05) is 66.1 Å². The van der Waals surface area contributed by atoms with Crippen molar-refractivity contribution >= 4 is 46.6 Å². The van der Waals surface area contributed by atoms with E-state index >= 15 is 0 Å². The van der Waals surface area contributed by atoms with E-state index in [4.69, 9.17) is 9.47 Å². The van der Waals surface area contributed by atoms with Crippen LogP contribution in [0.5, 0.6) is 5.75 Å². The molecule has 1 aromatic heterocycles. The quantitative estimate of drug-likeness (QED) is 0.317. The van der Waals surface area contributed by atoms with Gasteiger partial charge in [-0.2, -0.15) is 0 Å². The fourth-order valence-electron chi connectivity index (χ4n) is 5.23. The van der Waals surface area contributed by atoms with Gasteiger partial charge in [0.1, 0.15) is 17.5 Å². The fraction of sp³-hybridized carbons (Fsp3) is 0.531. The zero-order chi connectivity index (χ0) is 34.1. The Bertz CT molecular complexity index is 1510. The van der Waals surface area contributed by atoms with E-state index in [9.17, 15) is 33.9 Å². The predicted molar refractivity (Wildman–Crippen MR) is 169 cm³/mol. The Hall–Kier alpha value is -4.95. The lowest BCUT2D eigenvalue weighted by atomic mass is 10.1. The number of amides is 5. The molecule has 3 heterocycles. The first-order valence-corrected chi connectivity index (χ1v) is 15.8. The van der Waals surface area contributed by atoms with E-state index in [1.54, 1.807) is 24.1 Å². The molecule has 1 atom stereocenters. The van der Waals surface area contributed by atoms with Gasteiger partial charge in [0.05, 0.1) is 18.7 Å². The van der Waals surface area contributed by atoms with E-state index in [0.717, 1.165) is 18.4 Å². The highest BCUT2D eigenvalue weighted by Gasteiger charge is 2.32. The van der Waals surface area contributed by atoms with Gasteiger partial charge < -0.3 is 39.5 Å². The van der Waals surface area contributed by atoms with Crippen molar-refractivity contribution in [3.05, 3.63) is 35.5 Å². The van der Waals surface area contributed by atoms with E-state index in [-0.39, 0.29) is 75.4 Å². The van der Waals surface area contributed by atoms with E-state index in [1.165, 1.54) is 20.8 Å². The maximum atomic E-state index is 13.6. The minimum Gasteiger partial charge on any atom is -0.483 e. The number of fused-ring (bicyclic) bond motifs is 1. The summed E-state index contributed by atoms with van der Waals surface area (Å²) < 4.78 is 11.1. The van der Waals surface area contributed by atoms with Crippen LogP contribution < -0.4 is 10.1 Å². The van der Waals surface area contributed by atoms with Gasteiger partial charge in [0.25, 0.3) is 11.8 Å². The number of pyridine rings is 1. The van der Waals surface area contributed by atoms with Crippen LogP contribution in [0.2, 0.25) is 0 Å². The van der Waals surface area contributed by atoms with Crippen molar-refractivity contribution in [3.8, 4) is 5.75 Å². The summed E-state index contributed by atoms with van der Waals surface area (Å²) in [7, 11) is 1.67. The summed E-state index contributed by atoms with van der Waals surface area (Å²) in [5, 5.41) is 12.5. The van der Waals surface area contributed by atoms with Crippen LogP contribution in [0.15, 0.2) is 24.3 Å². The minimum atomic E-state index is -1.17. The second-order valence-corrected chi connectivity index (χ2v) is 11.7. The Morgan fingerprint density at radius 2 is 1.70 bits per heavy atom. The maximum Gasteiger partial charge on any atom is 0.409 e. The molecule has 4 rings (SSSR count). The van der Waals surface area contributed by atoms with Crippen molar-refractivity contribution in [1.29, 1.82) is 0 Å². The molecule has 47 heavy (non-hydrogen) atoms. The van der Waals surface area contributed by atoms with Crippen LogP contribution in [0.25, 0.3) is 10.9 Å². The number of aliphatic carboxylic acids is 1. The number of hydrogen-bond acceptors (Lipinski definition) is 9. The van der Waals surface area contributed by atoms with Crippen molar-refractivity contribution < 1.29 is 43.3 Å². The normalized spacial score (nSPS) is 15.8. The number of carboxylic acid groups (broad SMARTS) is 1. The Kier molecular flexibility index (Phi) is 11.9. The molecule has 15 nitrogen and oxygen atoms in total. The molecule has 2 N–H and O–H groups in total. The van der Waals surface area contributed by atoms with Crippen LogP contribution in [0.4, 0.5) is 4.79 Å². The molecule has 15 heteroatoms. The molecule has 0 saturated carbocycles. The Morgan fingerprint density at radius 1 is 1.00 bits per heavy atom. The zero-order valence-electron chi connectivity index (χ0n) is 27.0. The highest BCUT2D eigenvalue weighted by Crippen LogP contribution is 2.27. The lowest BCUT2D eigenvalue weighted by Crippen LogP contribution is -2.56. The van der Waals surface area contributed by atoms with E-state index in [1.807, 2.05) is 19.9 Å². The predicted octanol–water partition coefficient (Wildman–Crippen LogP) is 1.27. The van der Waals surface area contributed by atoms with Gasteiger partial charge in [0.15, 0.2) is 6.61 Å². The van der Waals surface area contributed by atoms with Gasteiger partial charge in [-0.25, -0.2) is 9.78 Å². The topological polar surface area (TPSA) is 179 Å². The van der Waals surface area contributed by atoms with Gasteiger partial charge in [-0.15, -0.1) is 0 Å². The third kappa shape index (κ3) is 9.30. The number of benzene rings is 1. The first-order valence-electron chi connectivity index (χ1n) is 15.8. The number of aryl methyl sites for hydroxylation is 1. The summed E-state index contributed by atoms with van der Waals surface area (Å²) in [6.45, 7) is 5.40. The Labute approximate surface area is 272 Å². The monoisotopic (exact) mass is 654 g/mol. The van der Waals surface area contributed by atoms with Crippen LogP contribution in [0, 0.1) is 6.92 Å². The largest absolute Gasteiger partial charge is 0.483 e. The van der Waals surface area contributed by atoms with E-state index < -0.39 is 29.9 Å². The second kappa shape index (κ2) is 16.1. The average molecular weight is 655 g/mol. The van der Waals surface area contributed by atoms with Crippen molar-refractivity contribution in [3.63, 3.8) is 0 Å². The number of hydrogen-bond donors (Lipinski definition) is 2. The molecule has 254 valence electrons. The number of rotatable bonds is 12. The first-order chi connectivity index (χ1) is 22.5. The lowest BCUT2D eigenvalue weighted by molar-refractivity contribution is -0.145. The number of aromatic nitrogens is 1. The fourth-order valence-corrected chi connectivity index (χ4v) is 5.23. The SMILES string of the molecule is CCCCOC(=O)N1CCN(C(=O)[C@H](CCC(=O)O)NC(=O)c2cc(OCC(=O)N3CCN(C)C(=O)C3)c3ccc(C)cc3n2)CC1. The molecule has 2 aliphatic heterocycles. The number of piperazine rings is 2. The summed E-state index contributed by atoms with van der Waals surface area (Å²) >= 11 is 0. The summed E-state index contributed by atoms with van der Waals surface area (Å²) in [5.41, 5.74) is 1.20. The molecule has 0 bridgehead atoms. The van der Waals surface area contributed by atoms with Crippen LogP contribution in [-0.2, 0) is 23.9 Å². The molecular weight excluding hydrogens is 612 g/mol. The average Bonchev–Trinajstić information content (AvgIpc) is 3.05. The molecule has 0 radical (unpaired) electrons. The maximum absolute atomic E-state index is 13.6. The number of unbranched alkanes of at least 4 members (excludes halogenated alkanes) is 1. The van der Waals surface area contributed by atoms with E-state index in [2.05, 4.69) is 10.3 Å². The molecule has 2 aliphatic rings. The smallest absolute Gasteiger partial charge is 0.409 e. The highest BCUT2D eigenvalue weighted by atomic mass is 16.6. The summed E-state index contributed by atoms with van der Waals surface area (Å²) in [6.07, 6.45) is 0.673. The van der Waals surface area contributed by atoms with Crippen LogP contribution in [0.1, 0.15) is 48.7 Å². The number of carbonyl (C=O) groups excluding carboxylic acids is 5. The van der Waals surface area contributed by atoms with Crippen LogP contribution in [0.3, 0.4) is 0 Å². The van der Waals surface area contributed by atoms with Gasteiger partial charge in [-0.05, 0) is 37.5 Å². The molecule has 2 saturated heterocycles. The summed E-state index contributed by atoms with van der Waals surface area (Å²) in [6, 6.07) is 5.55. The second-order valence-electron chi connectivity index (χ2n) is 11.7. The number of carbonyl (C=O) groups is 6. The third-order valence-corrected chi connectivity index (χ3v) is 8.14. The van der Waals surface area contributed by atoms with Gasteiger partial charge in [-0.1, -0.05) is 19.4 Å².